The topological polar surface area (TPSA) is 29.1 Å². The van der Waals surface area contributed by atoms with E-state index in [1.807, 2.05) is 6.26 Å². The molecule has 0 aromatic carbocycles. The Bertz CT molecular complexity index is 149. The average Bonchev–Trinajstić information content (AvgIpc) is 1.97. The molecule has 1 amide bonds. The molecule has 2 nitrogen and oxygen atoms in total. The van der Waals surface area contributed by atoms with Crippen molar-refractivity contribution in [3.63, 3.8) is 0 Å². The number of hydrogen-bond donors (Lipinski definition) is 1. The van der Waals surface area contributed by atoms with E-state index in [2.05, 4.69) is 27.8 Å². The number of nitrogens with one attached hydrogen (secondary N) is 1. The minimum atomic E-state index is 0.0833. The molecule has 0 unspecified atom stereocenters. The molecule has 0 aliphatic carbocycles. The first-order valence-corrected chi connectivity index (χ1v) is 5.44. The molecule has 0 aromatic rings. The Morgan fingerprint density at radius 3 is 2.82 bits per heavy atom. The minimum Gasteiger partial charge on any atom is -0.351 e. The van der Waals surface area contributed by atoms with Crippen molar-refractivity contribution in [1.29, 1.82) is 0 Å². The van der Waals surface area contributed by atoms with E-state index < -0.39 is 0 Å². The van der Waals surface area contributed by atoms with E-state index in [1.165, 1.54) is 0 Å². The van der Waals surface area contributed by atoms with E-state index >= 15 is 0 Å². The highest BCUT2D eigenvalue weighted by atomic mass is 79.9. The van der Waals surface area contributed by atoms with E-state index in [-0.39, 0.29) is 5.91 Å². The summed E-state index contributed by atoms with van der Waals surface area (Å²) in [4.78, 5) is 10.9. The molecule has 64 valence electrons. The van der Waals surface area contributed by atoms with Gasteiger partial charge in [-0.15, -0.1) is 0 Å². The van der Waals surface area contributed by atoms with Crippen LogP contribution in [0.3, 0.4) is 0 Å². The molecule has 0 heterocycles. The van der Waals surface area contributed by atoms with Crippen LogP contribution in [-0.4, -0.2) is 24.5 Å². The van der Waals surface area contributed by atoms with Crippen LogP contribution in [0.15, 0.2) is 11.1 Å². The molecular formula is C7H12BrNOS. The molecule has 0 radical (unpaired) electrons. The molecular weight excluding hydrogens is 226 g/mol. The number of thioether (sulfide) groups is 1. The molecule has 0 bridgehead atoms. The fourth-order valence-corrected chi connectivity index (χ4v) is 1.01. The van der Waals surface area contributed by atoms with Crippen LogP contribution in [0.1, 0.15) is 6.42 Å². The van der Waals surface area contributed by atoms with Gasteiger partial charge in [-0.05, 0) is 6.26 Å². The Labute approximate surface area is 79.9 Å². The van der Waals surface area contributed by atoms with Crippen molar-refractivity contribution in [3.05, 3.63) is 11.1 Å². The van der Waals surface area contributed by atoms with Gasteiger partial charge in [-0.1, -0.05) is 22.5 Å². The van der Waals surface area contributed by atoms with E-state index in [4.69, 9.17) is 0 Å². The molecule has 4 heteroatoms. The van der Waals surface area contributed by atoms with Gasteiger partial charge >= 0.3 is 0 Å². The van der Waals surface area contributed by atoms with E-state index in [1.54, 1.807) is 11.8 Å². The average molecular weight is 238 g/mol. The maximum absolute atomic E-state index is 10.9. The summed E-state index contributed by atoms with van der Waals surface area (Å²) in [5, 5.41) is 2.72. The van der Waals surface area contributed by atoms with Crippen molar-refractivity contribution in [2.45, 2.75) is 6.42 Å². The lowest BCUT2D eigenvalue weighted by Crippen LogP contribution is -2.24. The van der Waals surface area contributed by atoms with E-state index in [0.29, 0.717) is 13.0 Å². The molecule has 0 spiro atoms. The lowest BCUT2D eigenvalue weighted by atomic mass is 10.4. The van der Waals surface area contributed by atoms with Crippen LogP contribution in [0.5, 0.6) is 0 Å². The zero-order valence-electron chi connectivity index (χ0n) is 6.52. The van der Waals surface area contributed by atoms with Crippen molar-refractivity contribution >= 4 is 33.6 Å². The second-order valence-corrected chi connectivity index (χ2v) is 4.14. The standard InChI is InChI=1S/C7H12BrNOS/c1-6(8)5-9-7(10)3-4-11-2/h1,3-5H2,2H3,(H,9,10). The predicted molar refractivity (Wildman–Crippen MR) is 54.1 cm³/mol. The Kier molecular flexibility index (Phi) is 6.76. The summed E-state index contributed by atoms with van der Waals surface area (Å²) in [6, 6.07) is 0. The van der Waals surface area contributed by atoms with Crippen LogP contribution in [-0.2, 0) is 4.79 Å². The van der Waals surface area contributed by atoms with Crippen LogP contribution in [0.25, 0.3) is 0 Å². The lowest BCUT2D eigenvalue weighted by Gasteiger charge is -2.01. The molecule has 0 atom stereocenters. The molecule has 0 aliphatic heterocycles. The van der Waals surface area contributed by atoms with Gasteiger partial charge in [0.05, 0.1) is 0 Å². The summed E-state index contributed by atoms with van der Waals surface area (Å²) in [5.41, 5.74) is 0. The number of hydrogen-bond acceptors (Lipinski definition) is 2. The maximum Gasteiger partial charge on any atom is 0.221 e. The molecule has 0 aromatic heterocycles. The second-order valence-electron chi connectivity index (χ2n) is 2.04. The summed E-state index contributed by atoms with van der Waals surface area (Å²) in [7, 11) is 0. The Morgan fingerprint density at radius 2 is 2.36 bits per heavy atom. The lowest BCUT2D eigenvalue weighted by molar-refractivity contribution is -0.120. The van der Waals surface area contributed by atoms with Gasteiger partial charge in [0.2, 0.25) is 5.91 Å². The second kappa shape index (κ2) is 6.73. The van der Waals surface area contributed by atoms with Gasteiger partial charge in [-0.25, -0.2) is 0 Å². The third-order valence-corrected chi connectivity index (χ3v) is 1.90. The van der Waals surface area contributed by atoms with Crippen molar-refractivity contribution in [2.75, 3.05) is 18.6 Å². The highest BCUT2D eigenvalue weighted by Crippen LogP contribution is 1.98. The number of carbonyl (C=O) groups excluding carboxylic acids is 1. The fourth-order valence-electron chi connectivity index (χ4n) is 0.478. The van der Waals surface area contributed by atoms with Crippen LogP contribution in [0.4, 0.5) is 0 Å². The summed E-state index contributed by atoms with van der Waals surface area (Å²) in [6.07, 6.45) is 2.57. The predicted octanol–water partition coefficient (Wildman–Crippen LogP) is 1.76. The monoisotopic (exact) mass is 237 g/mol. The first-order chi connectivity index (χ1) is 5.16. The SMILES string of the molecule is C=C(Br)CNC(=O)CCSC. The highest BCUT2D eigenvalue weighted by Gasteiger charge is 1.98. The van der Waals surface area contributed by atoms with Gasteiger partial charge in [-0.3, -0.25) is 4.79 Å². The Morgan fingerprint density at radius 1 is 1.73 bits per heavy atom. The molecule has 0 saturated heterocycles. The third kappa shape index (κ3) is 7.94. The minimum absolute atomic E-state index is 0.0833. The van der Waals surface area contributed by atoms with Gasteiger partial charge in [0.15, 0.2) is 0 Å². The van der Waals surface area contributed by atoms with Crippen molar-refractivity contribution in [3.8, 4) is 0 Å². The number of rotatable bonds is 5. The largest absolute Gasteiger partial charge is 0.351 e. The first kappa shape index (κ1) is 11.0. The molecule has 1 N–H and O–H groups in total. The Balaban J connectivity index is 3.30. The van der Waals surface area contributed by atoms with E-state index in [0.717, 1.165) is 10.2 Å². The van der Waals surface area contributed by atoms with E-state index in [9.17, 15) is 4.79 Å². The van der Waals surface area contributed by atoms with Crippen LogP contribution < -0.4 is 5.32 Å². The van der Waals surface area contributed by atoms with Gasteiger partial charge in [0.1, 0.15) is 0 Å². The molecule has 11 heavy (non-hydrogen) atoms. The summed E-state index contributed by atoms with van der Waals surface area (Å²) < 4.78 is 0.801. The van der Waals surface area contributed by atoms with Gasteiger partial charge < -0.3 is 5.32 Å². The normalized spacial score (nSPS) is 9.27. The van der Waals surface area contributed by atoms with Gasteiger partial charge in [0, 0.05) is 23.2 Å². The molecule has 0 rings (SSSR count). The van der Waals surface area contributed by atoms with Crippen LogP contribution >= 0.6 is 27.7 Å². The summed E-state index contributed by atoms with van der Waals surface area (Å²) in [5.74, 6) is 0.959. The van der Waals surface area contributed by atoms with Crippen LogP contribution in [0, 0.1) is 0 Å². The van der Waals surface area contributed by atoms with Crippen LogP contribution in [0.2, 0.25) is 0 Å². The Hall–Kier alpha value is 0.0400. The fraction of sp³-hybridized carbons (Fsp3) is 0.571. The summed E-state index contributed by atoms with van der Waals surface area (Å²) >= 11 is 4.83. The number of amides is 1. The number of carbonyl (C=O) groups is 1. The first-order valence-electron chi connectivity index (χ1n) is 3.25. The zero-order chi connectivity index (χ0) is 8.69. The van der Waals surface area contributed by atoms with Gasteiger partial charge in [-0.2, -0.15) is 11.8 Å². The highest BCUT2D eigenvalue weighted by molar-refractivity contribution is 9.11. The maximum atomic E-state index is 10.9. The summed E-state index contributed by atoms with van der Waals surface area (Å²) in [6.45, 7) is 4.13. The quantitative estimate of drug-likeness (QED) is 0.790. The smallest absolute Gasteiger partial charge is 0.221 e. The zero-order valence-corrected chi connectivity index (χ0v) is 8.93. The third-order valence-electron chi connectivity index (χ3n) is 1.01. The molecule has 0 fully saturated rings. The van der Waals surface area contributed by atoms with Crippen molar-refractivity contribution in [2.24, 2.45) is 0 Å². The van der Waals surface area contributed by atoms with Gasteiger partial charge in [0.25, 0.3) is 0 Å². The molecule has 0 aliphatic rings. The molecule has 0 saturated carbocycles. The van der Waals surface area contributed by atoms with Crippen molar-refractivity contribution in [1.82, 2.24) is 5.32 Å². The number of halogens is 1. The van der Waals surface area contributed by atoms with Crippen molar-refractivity contribution < 1.29 is 4.79 Å².